The van der Waals surface area contributed by atoms with Gasteiger partial charge in [-0.15, -0.1) is 11.3 Å². The molecule has 0 fully saturated rings. The fraction of sp³-hybridized carbons (Fsp3) is 0.286. The van der Waals surface area contributed by atoms with E-state index in [1.165, 1.54) is 4.88 Å². The molecular weight excluding hydrogens is 346 g/mol. The molecule has 102 valence electrons. The molecule has 0 aliphatic rings. The topological polar surface area (TPSA) is 23.5 Å². The second kappa shape index (κ2) is 6.27. The summed E-state index contributed by atoms with van der Waals surface area (Å²) in [6.07, 6.45) is -0.495. The summed E-state index contributed by atoms with van der Waals surface area (Å²) in [5.74, 6) is 0. The van der Waals surface area contributed by atoms with Crippen molar-refractivity contribution in [2.75, 3.05) is 11.9 Å². The lowest BCUT2D eigenvalue weighted by molar-refractivity contribution is 0.199. The summed E-state index contributed by atoms with van der Waals surface area (Å²) >= 11 is 11.5. The molecule has 1 N–H and O–H groups in total. The van der Waals surface area contributed by atoms with Crippen LogP contribution in [0.5, 0.6) is 0 Å². The quantitative estimate of drug-likeness (QED) is 0.842. The van der Waals surface area contributed by atoms with Gasteiger partial charge in [0.15, 0.2) is 0 Å². The fourth-order valence-electron chi connectivity index (χ4n) is 1.85. The molecule has 0 bridgehead atoms. The van der Waals surface area contributed by atoms with Crippen molar-refractivity contribution in [1.82, 2.24) is 0 Å². The van der Waals surface area contributed by atoms with Crippen molar-refractivity contribution in [3.05, 3.63) is 49.6 Å². The molecule has 0 radical (unpaired) electrons. The molecule has 0 saturated heterocycles. The zero-order valence-corrected chi connectivity index (χ0v) is 13.9. The maximum atomic E-state index is 9.54. The van der Waals surface area contributed by atoms with Crippen LogP contribution in [0.4, 0.5) is 5.69 Å². The van der Waals surface area contributed by atoms with Gasteiger partial charge >= 0.3 is 0 Å². The standard InChI is InChI=1S/C14H15BrClNOS/c1-9(18)10-3-4-14(13(16)5-10)17(2)7-12-6-11(15)8-19-12/h3-6,8-9,18H,7H2,1-2H3/t9-/m1/s1. The van der Waals surface area contributed by atoms with Gasteiger partial charge in [0.25, 0.3) is 0 Å². The van der Waals surface area contributed by atoms with Gasteiger partial charge in [-0.3, -0.25) is 0 Å². The molecule has 19 heavy (non-hydrogen) atoms. The van der Waals surface area contributed by atoms with Crippen LogP contribution in [-0.4, -0.2) is 12.2 Å². The van der Waals surface area contributed by atoms with Crippen molar-refractivity contribution in [3.8, 4) is 0 Å². The van der Waals surface area contributed by atoms with E-state index in [-0.39, 0.29) is 0 Å². The Bertz CT molecular complexity index is 570. The third-order valence-electron chi connectivity index (χ3n) is 2.88. The fourth-order valence-corrected chi connectivity index (χ4v) is 3.68. The number of hydrogen-bond acceptors (Lipinski definition) is 3. The Labute approximate surface area is 130 Å². The van der Waals surface area contributed by atoms with E-state index in [0.29, 0.717) is 5.02 Å². The lowest BCUT2D eigenvalue weighted by Crippen LogP contribution is -2.16. The molecular formula is C14H15BrClNOS. The Morgan fingerprint density at radius 2 is 2.16 bits per heavy atom. The van der Waals surface area contributed by atoms with E-state index in [4.69, 9.17) is 11.6 Å². The van der Waals surface area contributed by atoms with E-state index in [0.717, 1.165) is 22.3 Å². The summed E-state index contributed by atoms with van der Waals surface area (Å²) < 4.78 is 1.11. The van der Waals surface area contributed by atoms with Crippen LogP contribution in [0.15, 0.2) is 34.1 Å². The summed E-state index contributed by atoms with van der Waals surface area (Å²) in [4.78, 5) is 3.37. The normalized spacial score (nSPS) is 12.5. The third-order valence-corrected chi connectivity index (χ3v) is 4.87. The Kier molecular flexibility index (Phi) is 4.90. The van der Waals surface area contributed by atoms with E-state index in [2.05, 4.69) is 32.3 Å². The summed E-state index contributed by atoms with van der Waals surface area (Å²) in [6.45, 7) is 2.54. The van der Waals surface area contributed by atoms with Gasteiger partial charge in [0.05, 0.1) is 23.4 Å². The highest BCUT2D eigenvalue weighted by molar-refractivity contribution is 9.10. The van der Waals surface area contributed by atoms with E-state index in [9.17, 15) is 5.11 Å². The molecule has 2 nitrogen and oxygen atoms in total. The van der Waals surface area contributed by atoms with E-state index in [1.54, 1.807) is 18.3 Å². The number of benzene rings is 1. The van der Waals surface area contributed by atoms with Gasteiger partial charge in [-0.25, -0.2) is 0 Å². The molecule has 0 amide bonds. The molecule has 2 aromatic rings. The number of halogens is 2. The molecule has 0 saturated carbocycles. The van der Waals surface area contributed by atoms with Crippen LogP contribution >= 0.6 is 38.9 Å². The predicted octanol–water partition coefficient (Wildman–Crippen LogP) is 4.85. The number of rotatable bonds is 4. The lowest BCUT2D eigenvalue weighted by Gasteiger charge is -2.20. The zero-order valence-electron chi connectivity index (χ0n) is 10.7. The first kappa shape index (κ1) is 14.9. The monoisotopic (exact) mass is 359 g/mol. The molecule has 1 heterocycles. The van der Waals surface area contributed by atoms with E-state index < -0.39 is 6.10 Å². The van der Waals surface area contributed by atoms with Crippen LogP contribution in [0, 0.1) is 0 Å². The molecule has 2 rings (SSSR count). The summed E-state index contributed by atoms with van der Waals surface area (Å²) in [5, 5.41) is 12.3. The second-order valence-corrected chi connectivity index (χ2v) is 6.79. The van der Waals surface area contributed by atoms with Gasteiger partial charge in [-0.05, 0) is 46.6 Å². The Balaban J connectivity index is 2.17. The van der Waals surface area contributed by atoms with Crippen LogP contribution in [-0.2, 0) is 6.54 Å². The van der Waals surface area contributed by atoms with E-state index >= 15 is 0 Å². The Morgan fingerprint density at radius 1 is 1.42 bits per heavy atom. The number of aliphatic hydroxyl groups excluding tert-OH is 1. The first-order valence-corrected chi connectivity index (χ1v) is 7.94. The van der Waals surface area contributed by atoms with Crippen molar-refractivity contribution < 1.29 is 5.11 Å². The molecule has 1 aromatic heterocycles. The van der Waals surface area contributed by atoms with Crippen molar-refractivity contribution >= 4 is 44.6 Å². The maximum absolute atomic E-state index is 9.54. The third kappa shape index (κ3) is 3.72. The van der Waals surface area contributed by atoms with Crippen molar-refractivity contribution in [2.24, 2.45) is 0 Å². The molecule has 0 aliphatic carbocycles. The van der Waals surface area contributed by atoms with Crippen LogP contribution < -0.4 is 4.90 Å². The van der Waals surface area contributed by atoms with E-state index in [1.807, 2.05) is 25.2 Å². The SMILES string of the molecule is C[C@@H](O)c1ccc(N(C)Cc2cc(Br)cs2)c(Cl)c1. The number of aliphatic hydroxyl groups is 1. The van der Waals surface area contributed by atoms with Gasteiger partial charge in [0, 0.05) is 21.8 Å². The second-order valence-electron chi connectivity index (χ2n) is 4.47. The smallest absolute Gasteiger partial charge is 0.0762 e. The maximum Gasteiger partial charge on any atom is 0.0762 e. The highest BCUT2D eigenvalue weighted by atomic mass is 79.9. The van der Waals surface area contributed by atoms with Crippen molar-refractivity contribution in [1.29, 1.82) is 0 Å². The number of thiophene rings is 1. The van der Waals surface area contributed by atoms with Crippen molar-refractivity contribution in [2.45, 2.75) is 19.6 Å². The summed E-state index contributed by atoms with van der Waals surface area (Å²) in [7, 11) is 2.01. The summed E-state index contributed by atoms with van der Waals surface area (Å²) in [6, 6.07) is 7.79. The minimum Gasteiger partial charge on any atom is -0.389 e. The Morgan fingerprint density at radius 3 is 2.68 bits per heavy atom. The number of hydrogen-bond donors (Lipinski definition) is 1. The number of anilines is 1. The molecule has 0 spiro atoms. The highest BCUT2D eigenvalue weighted by Gasteiger charge is 2.10. The average Bonchev–Trinajstić information content (AvgIpc) is 2.74. The summed E-state index contributed by atoms with van der Waals surface area (Å²) in [5.41, 5.74) is 1.80. The van der Waals surface area contributed by atoms with Gasteiger partial charge in [0.1, 0.15) is 0 Å². The van der Waals surface area contributed by atoms with Crippen LogP contribution in [0.2, 0.25) is 5.02 Å². The van der Waals surface area contributed by atoms with Gasteiger partial charge in [-0.1, -0.05) is 17.7 Å². The van der Waals surface area contributed by atoms with Gasteiger partial charge in [0.2, 0.25) is 0 Å². The minimum absolute atomic E-state index is 0.495. The molecule has 0 unspecified atom stereocenters. The Hall–Kier alpha value is -0.550. The largest absolute Gasteiger partial charge is 0.389 e. The van der Waals surface area contributed by atoms with Crippen LogP contribution in [0.25, 0.3) is 0 Å². The van der Waals surface area contributed by atoms with Crippen LogP contribution in [0.1, 0.15) is 23.5 Å². The lowest BCUT2D eigenvalue weighted by atomic mass is 10.1. The van der Waals surface area contributed by atoms with Gasteiger partial charge < -0.3 is 10.0 Å². The number of nitrogens with zero attached hydrogens (tertiary/aromatic N) is 1. The first-order valence-electron chi connectivity index (χ1n) is 5.89. The minimum atomic E-state index is -0.495. The predicted molar refractivity (Wildman–Crippen MR) is 86.2 cm³/mol. The highest BCUT2D eigenvalue weighted by Crippen LogP contribution is 2.30. The average molecular weight is 361 g/mol. The van der Waals surface area contributed by atoms with Gasteiger partial charge in [-0.2, -0.15) is 0 Å². The van der Waals surface area contributed by atoms with Crippen LogP contribution in [0.3, 0.4) is 0 Å². The van der Waals surface area contributed by atoms with Crippen molar-refractivity contribution in [3.63, 3.8) is 0 Å². The molecule has 1 aromatic carbocycles. The first-order chi connectivity index (χ1) is 8.97. The molecule has 1 atom stereocenters. The molecule has 0 aliphatic heterocycles. The zero-order chi connectivity index (χ0) is 14.0. The molecule has 5 heteroatoms.